The topological polar surface area (TPSA) is 90.9 Å². The Morgan fingerprint density at radius 1 is 1.45 bits per heavy atom. The van der Waals surface area contributed by atoms with E-state index in [0.717, 1.165) is 37.0 Å². The van der Waals surface area contributed by atoms with Crippen LogP contribution in [-0.2, 0) is 11.2 Å². The van der Waals surface area contributed by atoms with Crippen LogP contribution >= 0.6 is 0 Å². The molecule has 6 heteroatoms. The average Bonchev–Trinajstić information content (AvgIpc) is 2.94. The lowest BCUT2D eigenvalue weighted by molar-refractivity contribution is -0.121. The van der Waals surface area contributed by atoms with Crippen molar-refractivity contribution < 1.29 is 9.90 Å². The molecule has 0 aromatic carbocycles. The standard InChI is InChI=1S/C16H22N4O2/c21-12-4-1-3-11(9-12)10-18-15(22)7-6-14-19-13-5-2-8-17-16(13)20-14/h2,5,8,11-12,21H,1,3-4,6-7,9-10H2,(H,18,22)(H,17,19,20). The minimum Gasteiger partial charge on any atom is -0.393 e. The van der Waals surface area contributed by atoms with Gasteiger partial charge in [-0.05, 0) is 37.3 Å². The van der Waals surface area contributed by atoms with E-state index >= 15 is 0 Å². The molecule has 2 aromatic heterocycles. The molecule has 2 aromatic rings. The fourth-order valence-electron chi connectivity index (χ4n) is 3.04. The summed E-state index contributed by atoms with van der Waals surface area (Å²) in [5.41, 5.74) is 1.59. The van der Waals surface area contributed by atoms with E-state index in [4.69, 9.17) is 0 Å². The summed E-state index contributed by atoms with van der Waals surface area (Å²) in [6, 6.07) is 3.78. The molecule has 1 amide bonds. The highest BCUT2D eigenvalue weighted by Crippen LogP contribution is 2.23. The summed E-state index contributed by atoms with van der Waals surface area (Å²) >= 11 is 0. The van der Waals surface area contributed by atoms with Crippen LogP contribution in [0.2, 0.25) is 0 Å². The number of aromatic amines is 1. The number of carbonyl (C=O) groups excluding carboxylic acids is 1. The lowest BCUT2D eigenvalue weighted by Gasteiger charge is -2.25. The second-order valence-corrected chi connectivity index (χ2v) is 6.05. The molecule has 3 N–H and O–H groups in total. The second-order valence-electron chi connectivity index (χ2n) is 6.05. The molecule has 2 atom stereocenters. The fraction of sp³-hybridized carbons (Fsp3) is 0.562. The summed E-state index contributed by atoms with van der Waals surface area (Å²) < 4.78 is 0. The zero-order valence-electron chi connectivity index (χ0n) is 12.6. The highest BCUT2D eigenvalue weighted by Gasteiger charge is 2.20. The molecular weight excluding hydrogens is 280 g/mol. The maximum Gasteiger partial charge on any atom is 0.220 e. The number of hydrogen-bond acceptors (Lipinski definition) is 4. The Hall–Kier alpha value is -1.95. The van der Waals surface area contributed by atoms with E-state index in [1.54, 1.807) is 6.20 Å². The third-order valence-electron chi connectivity index (χ3n) is 4.24. The van der Waals surface area contributed by atoms with Crippen LogP contribution in [0.1, 0.15) is 37.9 Å². The molecule has 2 unspecified atom stereocenters. The number of H-pyrrole nitrogens is 1. The van der Waals surface area contributed by atoms with Gasteiger partial charge < -0.3 is 15.4 Å². The number of rotatable bonds is 5. The lowest BCUT2D eigenvalue weighted by Crippen LogP contribution is -2.33. The number of fused-ring (bicyclic) bond motifs is 1. The summed E-state index contributed by atoms with van der Waals surface area (Å²) in [6.45, 7) is 0.664. The van der Waals surface area contributed by atoms with Crippen molar-refractivity contribution in [3.05, 3.63) is 24.2 Å². The summed E-state index contributed by atoms with van der Waals surface area (Å²) in [6.07, 6.45) is 6.34. The van der Waals surface area contributed by atoms with Gasteiger partial charge in [0.05, 0.1) is 11.6 Å². The van der Waals surface area contributed by atoms with Crippen molar-refractivity contribution in [3.8, 4) is 0 Å². The monoisotopic (exact) mass is 302 g/mol. The van der Waals surface area contributed by atoms with Crippen LogP contribution in [-0.4, -0.2) is 38.6 Å². The second kappa shape index (κ2) is 6.87. The van der Waals surface area contributed by atoms with E-state index in [-0.39, 0.29) is 12.0 Å². The number of aliphatic hydroxyl groups excluding tert-OH is 1. The first-order valence-electron chi connectivity index (χ1n) is 7.95. The minimum atomic E-state index is -0.196. The van der Waals surface area contributed by atoms with Crippen LogP contribution in [0, 0.1) is 5.92 Å². The molecule has 1 fully saturated rings. The number of pyridine rings is 1. The third-order valence-corrected chi connectivity index (χ3v) is 4.24. The summed E-state index contributed by atoms with van der Waals surface area (Å²) in [5, 5.41) is 12.6. The van der Waals surface area contributed by atoms with Gasteiger partial charge in [-0.25, -0.2) is 9.97 Å². The van der Waals surface area contributed by atoms with Gasteiger partial charge in [-0.2, -0.15) is 0 Å². The average molecular weight is 302 g/mol. The van der Waals surface area contributed by atoms with E-state index < -0.39 is 0 Å². The van der Waals surface area contributed by atoms with Gasteiger partial charge in [0.1, 0.15) is 5.82 Å². The molecule has 1 aliphatic carbocycles. The van der Waals surface area contributed by atoms with Crippen molar-refractivity contribution in [1.82, 2.24) is 20.3 Å². The molecule has 0 aliphatic heterocycles. The number of carbonyl (C=O) groups is 1. The summed E-state index contributed by atoms with van der Waals surface area (Å²) in [7, 11) is 0. The molecule has 0 saturated heterocycles. The van der Waals surface area contributed by atoms with E-state index in [1.807, 2.05) is 12.1 Å². The van der Waals surface area contributed by atoms with Gasteiger partial charge in [-0.1, -0.05) is 6.42 Å². The molecular formula is C16H22N4O2. The molecule has 6 nitrogen and oxygen atoms in total. The summed E-state index contributed by atoms with van der Waals surface area (Å²) in [4.78, 5) is 23.6. The fourth-order valence-corrected chi connectivity index (χ4v) is 3.04. The number of imidazole rings is 1. The van der Waals surface area contributed by atoms with E-state index in [9.17, 15) is 9.90 Å². The third kappa shape index (κ3) is 3.82. The van der Waals surface area contributed by atoms with Crippen LogP contribution in [0.25, 0.3) is 11.2 Å². The van der Waals surface area contributed by atoms with Crippen LogP contribution in [0.5, 0.6) is 0 Å². The van der Waals surface area contributed by atoms with E-state index in [0.29, 0.717) is 31.0 Å². The molecule has 22 heavy (non-hydrogen) atoms. The van der Waals surface area contributed by atoms with Crippen molar-refractivity contribution in [2.24, 2.45) is 5.92 Å². The van der Waals surface area contributed by atoms with Crippen LogP contribution in [0.3, 0.4) is 0 Å². The Kier molecular flexibility index (Phi) is 4.68. The largest absolute Gasteiger partial charge is 0.393 e. The molecule has 1 aliphatic rings. The maximum atomic E-state index is 11.9. The summed E-state index contributed by atoms with van der Waals surface area (Å²) in [5.74, 6) is 1.23. The van der Waals surface area contributed by atoms with Gasteiger partial charge >= 0.3 is 0 Å². The zero-order chi connectivity index (χ0) is 15.4. The van der Waals surface area contributed by atoms with Crippen LogP contribution < -0.4 is 5.32 Å². The van der Waals surface area contributed by atoms with E-state index in [2.05, 4.69) is 20.3 Å². The van der Waals surface area contributed by atoms with Gasteiger partial charge in [0.2, 0.25) is 5.91 Å². The molecule has 0 bridgehead atoms. The van der Waals surface area contributed by atoms with Gasteiger partial charge in [0.25, 0.3) is 0 Å². The molecule has 2 heterocycles. The molecule has 118 valence electrons. The van der Waals surface area contributed by atoms with Gasteiger partial charge in [-0.15, -0.1) is 0 Å². The number of aryl methyl sites for hydroxylation is 1. The maximum absolute atomic E-state index is 11.9. The number of aliphatic hydroxyl groups is 1. The molecule has 3 rings (SSSR count). The first-order chi connectivity index (χ1) is 10.7. The number of hydrogen-bond donors (Lipinski definition) is 3. The highest BCUT2D eigenvalue weighted by atomic mass is 16.3. The number of nitrogens with zero attached hydrogens (tertiary/aromatic N) is 2. The Morgan fingerprint density at radius 2 is 2.36 bits per heavy atom. The Balaban J connectivity index is 1.44. The van der Waals surface area contributed by atoms with Crippen molar-refractivity contribution in [2.45, 2.75) is 44.6 Å². The van der Waals surface area contributed by atoms with Crippen molar-refractivity contribution in [3.63, 3.8) is 0 Å². The van der Waals surface area contributed by atoms with E-state index in [1.165, 1.54) is 0 Å². The van der Waals surface area contributed by atoms with Crippen molar-refractivity contribution >= 4 is 17.1 Å². The minimum absolute atomic E-state index is 0.0356. The molecule has 0 radical (unpaired) electrons. The first-order valence-corrected chi connectivity index (χ1v) is 7.95. The predicted octanol–water partition coefficient (Wildman–Crippen LogP) is 1.56. The van der Waals surface area contributed by atoms with Crippen LogP contribution in [0.15, 0.2) is 18.3 Å². The zero-order valence-corrected chi connectivity index (χ0v) is 12.6. The predicted molar refractivity (Wildman–Crippen MR) is 83.2 cm³/mol. The smallest absolute Gasteiger partial charge is 0.220 e. The quantitative estimate of drug-likeness (QED) is 0.781. The van der Waals surface area contributed by atoms with Gasteiger partial charge in [-0.3, -0.25) is 4.79 Å². The number of nitrogens with one attached hydrogen (secondary N) is 2. The van der Waals surface area contributed by atoms with Crippen LogP contribution in [0.4, 0.5) is 0 Å². The SMILES string of the molecule is O=C(CCc1nc2ncccc2[nH]1)NCC1CCCC(O)C1. The number of aromatic nitrogens is 3. The lowest BCUT2D eigenvalue weighted by atomic mass is 9.87. The highest BCUT2D eigenvalue weighted by molar-refractivity contribution is 5.76. The molecule has 0 spiro atoms. The van der Waals surface area contributed by atoms with Gasteiger partial charge in [0.15, 0.2) is 5.65 Å². The number of amides is 1. The normalized spacial score (nSPS) is 21.9. The Bertz CT molecular complexity index is 607. The Morgan fingerprint density at radius 3 is 3.18 bits per heavy atom. The first kappa shape index (κ1) is 15.0. The van der Waals surface area contributed by atoms with Crippen molar-refractivity contribution in [2.75, 3.05) is 6.54 Å². The Labute approximate surface area is 129 Å². The molecule has 1 saturated carbocycles. The van der Waals surface area contributed by atoms with Crippen molar-refractivity contribution in [1.29, 1.82) is 0 Å². The van der Waals surface area contributed by atoms with Gasteiger partial charge in [0, 0.05) is 25.6 Å².